The highest BCUT2D eigenvalue weighted by atomic mass is 16.5. The summed E-state index contributed by atoms with van der Waals surface area (Å²) in [6.07, 6.45) is 8.63. The van der Waals surface area contributed by atoms with Gasteiger partial charge in [-0.2, -0.15) is 0 Å². The third-order valence-electron chi connectivity index (χ3n) is 8.05. The van der Waals surface area contributed by atoms with Gasteiger partial charge >= 0.3 is 5.97 Å². The minimum atomic E-state index is -1.09. The molecule has 2 aromatic carbocycles. The van der Waals surface area contributed by atoms with E-state index >= 15 is 0 Å². The number of rotatable bonds is 3. The molecule has 256 valence electrons. The van der Waals surface area contributed by atoms with Crippen LogP contribution in [0.4, 0.5) is 0 Å². The zero-order valence-electron chi connectivity index (χ0n) is 27.7. The van der Waals surface area contributed by atoms with Crippen molar-refractivity contribution < 1.29 is 34.0 Å². The summed E-state index contributed by atoms with van der Waals surface area (Å²) in [5.41, 5.74) is 8.07. The lowest BCUT2D eigenvalue weighted by atomic mass is 9.82. The van der Waals surface area contributed by atoms with Crippen molar-refractivity contribution in [3.05, 3.63) is 107 Å². The molecule has 0 unspecified atom stereocenters. The summed E-state index contributed by atoms with van der Waals surface area (Å²) in [7, 11) is 0. The molecule has 0 spiro atoms. The molecule has 6 rings (SSSR count). The van der Waals surface area contributed by atoms with Crippen LogP contribution in [0, 0.1) is 37.5 Å². The van der Waals surface area contributed by atoms with E-state index in [4.69, 9.17) is 15.4 Å². The summed E-state index contributed by atoms with van der Waals surface area (Å²) in [5.74, 6) is 10.7. The van der Waals surface area contributed by atoms with Crippen LogP contribution in [0.15, 0.2) is 82.1 Å². The molecule has 0 radical (unpaired) electrons. The van der Waals surface area contributed by atoms with Crippen molar-refractivity contribution >= 4 is 11.9 Å². The Morgan fingerprint density at radius 3 is 1.82 bits per heavy atom. The van der Waals surface area contributed by atoms with E-state index in [0.29, 0.717) is 19.3 Å². The van der Waals surface area contributed by atoms with Crippen molar-refractivity contribution in [2.75, 3.05) is 0 Å². The Morgan fingerprint density at radius 2 is 1.35 bits per heavy atom. The Kier molecular flexibility index (Phi) is 12.9. The zero-order chi connectivity index (χ0) is 35.3. The molecular weight excluding hydrogens is 624 g/mol. The summed E-state index contributed by atoms with van der Waals surface area (Å²) in [6, 6.07) is 18.6. The zero-order valence-corrected chi connectivity index (χ0v) is 27.7. The maximum Gasteiger partial charge on any atom is 0.374 e. The van der Waals surface area contributed by atoms with E-state index < -0.39 is 17.2 Å². The molecule has 0 saturated heterocycles. The van der Waals surface area contributed by atoms with Crippen LogP contribution in [0.2, 0.25) is 0 Å². The first kappa shape index (κ1) is 36.6. The minimum Gasteiger partial charge on any atom is -0.475 e. The molecule has 49 heavy (non-hydrogen) atoms. The van der Waals surface area contributed by atoms with E-state index in [1.165, 1.54) is 30.1 Å². The highest BCUT2D eigenvalue weighted by Crippen LogP contribution is 2.29. The number of carboxylic acid groups (broad SMARTS) is 1. The van der Waals surface area contributed by atoms with E-state index in [2.05, 4.69) is 43.8 Å². The van der Waals surface area contributed by atoms with Gasteiger partial charge in [0, 0.05) is 48.2 Å². The fourth-order valence-electron chi connectivity index (χ4n) is 5.64. The van der Waals surface area contributed by atoms with Crippen LogP contribution in [0.5, 0.6) is 0 Å². The molecule has 4 atom stereocenters. The largest absolute Gasteiger partial charge is 0.475 e. The summed E-state index contributed by atoms with van der Waals surface area (Å²) in [5, 5.41) is 38.8. The van der Waals surface area contributed by atoms with Crippen molar-refractivity contribution in [2.45, 2.75) is 88.5 Å². The van der Waals surface area contributed by atoms with Crippen LogP contribution in [-0.4, -0.2) is 60.8 Å². The Balaban J connectivity index is 0.000000187. The minimum absolute atomic E-state index is 0.0839. The maximum absolute atomic E-state index is 12.0. The van der Waals surface area contributed by atoms with Gasteiger partial charge in [-0.05, 0) is 87.8 Å². The van der Waals surface area contributed by atoms with Crippen LogP contribution in [-0.2, 0) is 0 Å². The van der Waals surface area contributed by atoms with Gasteiger partial charge in [0.2, 0.25) is 11.5 Å². The summed E-state index contributed by atoms with van der Waals surface area (Å²) < 4.78 is 9.10. The number of nitrogens with zero attached hydrogens (tertiary/aromatic N) is 2. The lowest BCUT2D eigenvalue weighted by molar-refractivity contribution is 0.0445. The SMILES string of the molecule is Cc1cccc(C#C[C@@]2(O)CCC[C@@H](N)C2)c1.Cc1cccc(C#C[C@]2(O)CCC[C@H](NC(=O)c3ccno3)C2)c1.O=C(O)c1ccno1. The number of aromatic carboxylic acids is 1. The monoisotopic (exact) mass is 666 g/mol. The van der Waals surface area contributed by atoms with Gasteiger partial charge in [0.15, 0.2) is 0 Å². The number of aromatic nitrogens is 2. The van der Waals surface area contributed by atoms with Crippen molar-refractivity contribution in [2.24, 2.45) is 5.73 Å². The highest BCUT2D eigenvalue weighted by molar-refractivity contribution is 5.91. The Labute approximate surface area is 285 Å². The van der Waals surface area contributed by atoms with E-state index in [0.717, 1.165) is 48.8 Å². The summed E-state index contributed by atoms with van der Waals surface area (Å²) >= 11 is 0. The second-order valence-electron chi connectivity index (χ2n) is 12.5. The first-order valence-electron chi connectivity index (χ1n) is 16.2. The van der Waals surface area contributed by atoms with Crippen LogP contribution in [0.1, 0.15) is 94.7 Å². The number of carbonyl (C=O) groups is 2. The van der Waals surface area contributed by atoms with E-state index in [1.807, 2.05) is 62.4 Å². The standard InChI is InChI=1S/C19H20N2O3.C15H19NO.C4H3NO3/c1-14-4-2-5-15(12-14)7-10-19(23)9-3-6-16(13-19)21-18(22)17-8-11-20-24-17;1-12-4-2-5-13(10-12)7-9-15(17)8-3-6-14(16)11-15;6-4(7)3-1-2-5-8-3/h2,4-5,8,11-12,16,23H,3,6,9,13H2,1H3,(H,21,22);2,4-5,10,14,17H,3,6,8,11,16H2,1H3;1-2H,(H,6,7)/t16-,19+;14-,15+;/m01./s1. The molecule has 2 heterocycles. The molecule has 2 saturated carbocycles. The second kappa shape index (κ2) is 17.3. The topological polar surface area (TPSA) is 185 Å². The first-order valence-corrected chi connectivity index (χ1v) is 16.2. The quantitative estimate of drug-likeness (QED) is 0.191. The number of amides is 1. The molecule has 2 fully saturated rings. The highest BCUT2D eigenvalue weighted by Gasteiger charge is 2.34. The van der Waals surface area contributed by atoms with Crippen molar-refractivity contribution in [3.63, 3.8) is 0 Å². The fraction of sp³-hybridized carbons (Fsp3) is 0.368. The number of carboxylic acids is 1. The van der Waals surface area contributed by atoms with Gasteiger partial charge in [0.05, 0.1) is 12.4 Å². The van der Waals surface area contributed by atoms with Crippen LogP contribution in [0.3, 0.4) is 0 Å². The van der Waals surface area contributed by atoms with Crippen LogP contribution >= 0.6 is 0 Å². The molecule has 0 aliphatic heterocycles. The molecule has 6 N–H and O–H groups in total. The Morgan fingerprint density at radius 1 is 0.816 bits per heavy atom. The number of hydrogen-bond acceptors (Lipinski definition) is 9. The molecular formula is C38H42N4O7. The average Bonchev–Trinajstić information content (AvgIpc) is 3.80. The maximum atomic E-state index is 12.0. The molecule has 0 bridgehead atoms. The average molecular weight is 667 g/mol. The number of hydrogen-bond donors (Lipinski definition) is 5. The number of nitrogens with two attached hydrogens (primary N) is 1. The number of carbonyl (C=O) groups excluding carboxylic acids is 1. The third kappa shape index (κ3) is 12.1. The van der Waals surface area contributed by atoms with Gasteiger partial charge in [-0.1, -0.05) is 58.3 Å². The van der Waals surface area contributed by atoms with Gasteiger partial charge in [-0.25, -0.2) is 4.79 Å². The van der Waals surface area contributed by atoms with E-state index in [-0.39, 0.29) is 29.5 Å². The van der Waals surface area contributed by atoms with Gasteiger partial charge in [-0.15, -0.1) is 0 Å². The molecule has 1 amide bonds. The number of aryl methyl sites for hydroxylation is 2. The normalized spacial score (nSPS) is 22.6. The predicted octanol–water partition coefficient (Wildman–Crippen LogP) is 4.79. The van der Waals surface area contributed by atoms with Crippen molar-refractivity contribution in [1.82, 2.24) is 15.6 Å². The number of aliphatic hydroxyl groups is 2. The summed E-state index contributed by atoms with van der Waals surface area (Å²) in [4.78, 5) is 22.0. The van der Waals surface area contributed by atoms with E-state index in [1.54, 1.807) is 0 Å². The van der Waals surface area contributed by atoms with Gasteiger partial charge in [-0.3, -0.25) is 4.79 Å². The van der Waals surface area contributed by atoms with Gasteiger partial charge in [0.25, 0.3) is 5.91 Å². The number of benzene rings is 2. The first-order chi connectivity index (χ1) is 23.4. The van der Waals surface area contributed by atoms with Crippen molar-refractivity contribution in [1.29, 1.82) is 0 Å². The second-order valence-corrected chi connectivity index (χ2v) is 12.5. The molecule has 2 aliphatic carbocycles. The van der Waals surface area contributed by atoms with Crippen LogP contribution < -0.4 is 11.1 Å². The molecule has 11 nitrogen and oxygen atoms in total. The van der Waals surface area contributed by atoms with Gasteiger partial charge < -0.3 is 35.4 Å². The fourth-order valence-corrected chi connectivity index (χ4v) is 5.64. The Bertz CT molecular complexity index is 1800. The predicted molar refractivity (Wildman–Crippen MR) is 182 cm³/mol. The Hall–Kier alpha value is -5.20. The smallest absolute Gasteiger partial charge is 0.374 e. The molecule has 11 heteroatoms. The lowest BCUT2D eigenvalue weighted by Gasteiger charge is -2.33. The molecule has 4 aromatic rings. The molecule has 2 aromatic heterocycles. The van der Waals surface area contributed by atoms with Crippen molar-refractivity contribution in [3.8, 4) is 23.7 Å². The number of nitrogens with one attached hydrogen (secondary N) is 1. The molecule has 2 aliphatic rings. The van der Waals surface area contributed by atoms with Gasteiger partial charge in [0.1, 0.15) is 11.2 Å². The summed E-state index contributed by atoms with van der Waals surface area (Å²) in [6.45, 7) is 4.05. The lowest BCUT2D eigenvalue weighted by Crippen LogP contribution is -2.45. The van der Waals surface area contributed by atoms with E-state index in [9.17, 15) is 19.8 Å². The van der Waals surface area contributed by atoms with Crippen LogP contribution in [0.25, 0.3) is 0 Å². The third-order valence-corrected chi connectivity index (χ3v) is 8.05.